The number of carbonyl (C=O) groups excluding carboxylic acids is 1. The molecule has 2 aliphatic heterocycles. The normalized spacial score (nSPS) is 22.0. The number of rotatable bonds is 2. The van der Waals surface area contributed by atoms with Crippen molar-refractivity contribution >= 4 is 11.6 Å². The lowest BCUT2D eigenvalue weighted by Crippen LogP contribution is -2.44. The number of para-hydroxylation sites is 2. The van der Waals surface area contributed by atoms with Crippen LogP contribution in [0.3, 0.4) is 0 Å². The summed E-state index contributed by atoms with van der Waals surface area (Å²) in [5, 5.41) is 3.56. The van der Waals surface area contributed by atoms with Gasteiger partial charge < -0.3 is 19.7 Å². The number of fused-ring (bicyclic) bond motifs is 2. The largest absolute Gasteiger partial charge is 0.490 e. The van der Waals surface area contributed by atoms with Crippen molar-refractivity contribution in [2.45, 2.75) is 31.5 Å². The summed E-state index contributed by atoms with van der Waals surface area (Å²) in [4.78, 5) is 15.1. The highest BCUT2D eigenvalue weighted by atomic mass is 16.5. The van der Waals surface area contributed by atoms with E-state index in [0.29, 0.717) is 19.3 Å². The van der Waals surface area contributed by atoms with Crippen molar-refractivity contribution in [3.8, 4) is 11.5 Å². The maximum absolute atomic E-state index is 13.1. The molecule has 1 atom stereocenters. The zero-order chi connectivity index (χ0) is 16.8. The molecule has 0 bridgehead atoms. The Morgan fingerprint density at radius 3 is 2.72 bits per heavy atom. The van der Waals surface area contributed by atoms with Gasteiger partial charge in [0.05, 0.1) is 18.8 Å². The van der Waals surface area contributed by atoms with Gasteiger partial charge >= 0.3 is 0 Å². The molecule has 25 heavy (non-hydrogen) atoms. The maximum atomic E-state index is 13.1. The van der Waals surface area contributed by atoms with Gasteiger partial charge in [0, 0.05) is 23.7 Å². The molecule has 1 amide bonds. The first-order valence-electron chi connectivity index (χ1n) is 8.89. The third kappa shape index (κ3) is 2.42. The SMILES string of the molecule is O=C1c2ccccc2NC(c2cccc3c2OCCCO3)N1C1CC1. The van der Waals surface area contributed by atoms with Crippen molar-refractivity contribution < 1.29 is 14.3 Å². The topological polar surface area (TPSA) is 50.8 Å². The lowest BCUT2D eigenvalue weighted by Gasteiger charge is -2.39. The maximum Gasteiger partial charge on any atom is 0.258 e. The lowest BCUT2D eigenvalue weighted by atomic mass is 10.0. The van der Waals surface area contributed by atoms with Gasteiger partial charge in [0.25, 0.3) is 5.91 Å². The summed E-state index contributed by atoms with van der Waals surface area (Å²) < 4.78 is 11.8. The lowest BCUT2D eigenvalue weighted by molar-refractivity contribution is 0.0663. The van der Waals surface area contributed by atoms with Gasteiger partial charge in [0.2, 0.25) is 0 Å². The van der Waals surface area contributed by atoms with E-state index in [1.807, 2.05) is 47.4 Å². The number of benzene rings is 2. The second kappa shape index (κ2) is 5.69. The number of carbonyl (C=O) groups is 1. The number of hydrogen-bond acceptors (Lipinski definition) is 4. The van der Waals surface area contributed by atoms with Crippen LogP contribution in [0.5, 0.6) is 11.5 Å². The fraction of sp³-hybridized carbons (Fsp3) is 0.350. The first-order valence-corrected chi connectivity index (χ1v) is 8.89. The molecule has 0 aromatic heterocycles. The van der Waals surface area contributed by atoms with Crippen LogP contribution in [-0.4, -0.2) is 30.1 Å². The minimum Gasteiger partial charge on any atom is -0.490 e. The summed E-state index contributed by atoms with van der Waals surface area (Å²) in [5.74, 6) is 1.61. The van der Waals surface area contributed by atoms with E-state index in [-0.39, 0.29) is 12.1 Å². The minimum atomic E-state index is -0.230. The van der Waals surface area contributed by atoms with Crippen LogP contribution in [-0.2, 0) is 0 Å². The molecule has 2 heterocycles. The third-order valence-corrected chi connectivity index (χ3v) is 5.00. The average molecular weight is 336 g/mol. The molecule has 0 radical (unpaired) electrons. The van der Waals surface area contributed by atoms with Gasteiger partial charge in [-0.05, 0) is 31.0 Å². The zero-order valence-electron chi connectivity index (χ0n) is 13.9. The molecular formula is C20H20N2O3. The molecule has 1 N–H and O–H groups in total. The molecule has 2 aromatic rings. The molecule has 0 saturated heterocycles. The average Bonchev–Trinajstić information content (AvgIpc) is 3.48. The number of nitrogens with one attached hydrogen (secondary N) is 1. The van der Waals surface area contributed by atoms with Crippen LogP contribution in [0.2, 0.25) is 0 Å². The fourth-order valence-electron chi connectivity index (χ4n) is 3.66. The predicted molar refractivity (Wildman–Crippen MR) is 94.0 cm³/mol. The molecule has 1 unspecified atom stereocenters. The van der Waals surface area contributed by atoms with E-state index in [9.17, 15) is 4.79 Å². The Labute approximate surface area is 146 Å². The van der Waals surface area contributed by atoms with E-state index in [2.05, 4.69) is 5.32 Å². The first kappa shape index (κ1) is 14.6. The van der Waals surface area contributed by atoms with E-state index in [1.54, 1.807) is 0 Å². The highest BCUT2D eigenvalue weighted by molar-refractivity contribution is 6.02. The van der Waals surface area contributed by atoms with E-state index in [0.717, 1.165) is 47.6 Å². The Morgan fingerprint density at radius 2 is 1.84 bits per heavy atom. The highest BCUT2D eigenvalue weighted by Crippen LogP contribution is 2.45. The fourth-order valence-corrected chi connectivity index (χ4v) is 3.66. The molecule has 1 aliphatic carbocycles. The van der Waals surface area contributed by atoms with Crippen LogP contribution >= 0.6 is 0 Å². The zero-order valence-corrected chi connectivity index (χ0v) is 13.9. The van der Waals surface area contributed by atoms with Crippen LogP contribution in [0.1, 0.15) is 41.3 Å². The minimum absolute atomic E-state index is 0.0917. The Balaban J connectivity index is 1.62. The molecule has 5 rings (SSSR count). The van der Waals surface area contributed by atoms with Crippen molar-refractivity contribution in [3.05, 3.63) is 53.6 Å². The molecule has 5 nitrogen and oxygen atoms in total. The summed E-state index contributed by atoms with van der Waals surface area (Å²) in [6.45, 7) is 1.29. The number of hydrogen-bond donors (Lipinski definition) is 1. The molecule has 3 aliphatic rings. The standard InChI is InChI=1S/C20H20N2O3/c23-20-14-5-1-2-7-16(14)21-19(22(20)13-9-10-13)15-6-3-8-17-18(15)25-12-4-11-24-17/h1-3,5-8,13,19,21H,4,9-12H2. The van der Waals surface area contributed by atoms with Gasteiger partial charge in [-0.3, -0.25) is 4.79 Å². The summed E-state index contributed by atoms with van der Waals surface area (Å²) in [6.07, 6.45) is 2.74. The van der Waals surface area contributed by atoms with Crippen LogP contribution in [0.4, 0.5) is 5.69 Å². The van der Waals surface area contributed by atoms with Crippen LogP contribution in [0.15, 0.2) is 42.5 Å². The van der Waals surface area contributed by atoms with Crippen molar-refractivity contribution in [2.75, 3.05) is 18.5 Å². The second-order valence-corrected chi connectivity index (χ2v) is 6.76. The third-order valence-electron chi connectivity index (χ3n) is 5.00. The van der Waals surface area contributed by atoms with Crippen molar-refractivity contribution in [3.63, 3.8) is 0 Å². The Morgan fingerprint density at radius 1 is 1.00 bits per heavy atom. The van der Waals surface area contributed by atoms with Gasteiger partial charge in [0.15, 0.2) is 11.5 Å². The molecule has 5 heteroatoms. The smallest absolute Gasteiger partial charge is 0.258 e. The first-order chi connectivity index (χ1) is 12.3. The van der Waals surface area contributed by atoms with Crippen molar-refractivity contribution in [2.24, 2.45) is 0 Å². The quantitative estimate of drug-likeness (QED) is 0.911. The number of nitrogens with zero attached hydrogens (tertiary/aromatic N) is 1. The summed E-state index contributed by atoms with van der Waals surface area (Å²) >= 11 is 0. The van der Waals surface area contributed by atoms with Gasteiger partial charge in [-0.2, -0.15) is 0 Å². The molecular weight excluding hydrogens is 316 g/mol. The monoisotopic (exact) mass is 336 g/mol. The van der Waals surface area contributed by atoms with Gasteiger partial charge in [0.1, 0.15) is 6.17 Å². The molecule has 2 aromatic carbocycles. The molecule has 1 saturated carbocycles. The predicted octanol–water partition coefficient (Wildman–Crippen LogP) is 3.58. The summed E-state index contributed by atoms with van der Waals surface area (Å²) in [7, 11) is 0. The van der Waals surface area contributed by atoms with E-state index in [1.165, 1.54) is 0 Å². The van der Waals surface area contributed by atoms with E-state index >= 15 is 0 Å². The van der Waals surface area contributed by atoms with Crippen molar-refractivity contribution in [1.29, 1.82) is 0 Å². The Kier molecular flexibility index (Phi) is 3.33. The molecule has 1 fully saturated rings. The summed E-state index contributed by atoms with van der Waals surface area (Å²) in [5.41, 5.74) is 2.58. The van der Waals surface area contributed by atoms with Crippen LogP contribution in [0.25, 0.3) is 0 Å². The summed E-state index contributed by atoms with van der Waals surface area (Å²) in [6, 6.07) is 13.9. The molecule has 0 spiro atoms. The van der Waals surface area contributed by atoms with E-state index < -0.39 is 0 Å². The van der Waals surface area contributed by atoms with Crippen molar-refractivity contribution in [1.82, 2.24) is 4.90 Å². The van der Waals surface area contributed by atoms with Crippen LogP contribution in [0, 0.1) is 0 Å². The van der Waals surface area contributed by atoms with Gasteiger partial charge in [-0.25, -0.2) is 0 Å². The second-order valence-electron chi connectivity index (χ2n) is 6.76. The van der Waals surface area contributed by atoms with E-state index in [4.69, 9.17) is 9.47 Å². The van der Waals surface area contributed by atoms with Gasteiger partial charge in [-0.15, -0.1) is 0 Å². The van der Waals surface area contributed by atoms with Crippen LogP contribution < -0.4 is 14.8 Å². The van der Waals surface area contributed by atoms with Gasteiger partial charge in [-0.1, -0.05) is 24.3 Å². The Bertz CT molecular complexity index is 831. The number of anilines is 1. The molecule has 128 valence electrons. The number of amides is 1. The number of ether oxygens (including phenoxy) is 2. The Hall–Kier alpha value is -2.69. The highest BCUT2D eigenvalue weighted by Gasteiger charge is 2.43.